The second kappa shape index (κ2) is 8.20. The first-order valence-electron chi connectivity index (χ1n) is 7.56. The van der Waals surface area contributed by atoms with Crippen LogP contribution in [0.5, 0.6) is 0 Å². The summed E-state index contributed by atoms with van der Waals surface area (Å²) in [6, 6.07) is 13.8. The highest BCUT2D eigenvalue weighted by Crippen LogP contribution is 2.35. The number of hydrogen-bond donors (Lipinski definition) is 0. The highest BCUT2D eigenvalue weighted by molar-refractivity contribution is 9.12. The van der Waals surface area contributed by atoms with Crippen LogP contribution in [0.15, 0.2) is 64.0 Å². The van der Waals surface area contributed by atoms with Crippen LogP contribution >= 0.6 is 39.3 Å². The van der Waals surface area contributed by atoms with Gasteiger partial charge in [-0.15, -0.1) is 0 Å². The maximum Gasteiger partial charge on any atom is 0.293 e. The van der Waals surface area contributed by atoms with Crippen molar-refractivity contribution in [1.82, 2.24) is 4.90 Å². The molecule has 2 amide bonds. The van der Waals surface area contributed by atoms with Crippen molar-refractivity contribution in [3.63, 3.8) is 0 Å². The summed E-state index contributed by atoms with van der Waals surface area (Å²) < 4.78 is 14.6. The minimum Gasteiger partial charge on any atom is -0.268 e. The lowest BCUT2D eigenvalue weighted by Gasteiger charge is -2.14. The summed E-state index contributed by atoms with van der Waals surface area (Å²) in [4.78, 5) is 26.0. The zero-order valence-corrected chi connectivity index (χ0v) is 16.4. The number of nitrogens with zero attached hydrogens (tertiary/aromatic N) is 1. The van der Waals surface area contributed by atoms with Crippen molar-refractivity contribution in [2.45, 2.75) is 6.54 Å². The van der Waals surface area contributed by atoms with Crippen molar-refractivity contribution in [1.29, 1.82) is 0 Å². The number of carbonyl (C=O) groups excluding carboxylic acids is 2. The van der Waals surface area contributed by atoms with E-state index < -0.39 is 17.0 Å². The fourth-order valence-electron chi connectivity index (χ4n) is 2.35. The van der Waals surface area contributed by atoms with Gasteiger partial charge in [-0.05, 0) is 41.6 Å². The molecule has 0 unspecified atom stereocenters. The fraction of sp³-hybridized carbons (Fsp3) is 0.0526. The number of allylic oxidation sites excluding steroid dienone is 2. The average Bonchev–Trinajstić information content (AvgIpc) is 2.86. The lowest BCUT2D eigenvalue weighted by atomic mass is 10.2. The molecular formula is C19H12BrClFNO2S. The standard InChI is InChI=1S/C19H12BrClFNO2S/c20-13(9-12-5-2-1-3-6-12)10-17-18(24)23(19(25)26-17)11-14-15(21)7-4-8-16(14)22/h1-10H,11H2/b13-9-,17-10-. The Labute approximate surface area is 167 Å². The van der Waals surface area contributed by atoms with Crippen molar-refractivity contribution < 1.29 is 14.0 Å². The van der Waals surface area contributed by atoms with Crippen LogP contribution in [0.3, 0.4) is 0 Å². The van der Waals surface area contributed by atoms with E-state index in [-0.39, 0.29) is 22.0 Å². The summed E-state index contributed by atoms with van der Waals surface area (Å²) >= 11 is 10.2. The normalized spacial score (nSPS) is 16.7. The maximum atomic E-state index is 13.9. The van der Waals surface area contributed by atoms with Gasteiger partial charge in [0.15, 0.2) is 0 Å². The number of halogens is 3. The van der Waals surface area contributed by atoms with Crippen molar-refractivity contribution >= 4 is 56.5 Å². The summed E-state index contributed by atoms with van der Waals surface area (Å²) in [5.74, 6) is -1.02. The largest absolute Gasteiger partial charge is 0.293 e. The van der Waals surface area contributed by atoms with Gasteiger partial charge < -0.3 is 0 Å². The molecule has 0 bridgehead atoms. The zero-order chi connectivity index (χ0) is 18.7. The molecule has 1 aliphatic heterocycles. The number of amides is 2. The Morgan fingerprint density at radius 1 is 1.15 bits per heavy atom. The molecule has 7 heteroatoms. The van der Waals surface area contributed by atoms with Crippen molar-refractivity contribution in [3.05, 3.63) is 86.0 Å². The van der Waals surface area contributed by atoms with Gasteiger partial charge >= 0.3 is 0 Å². The van der Waals surface area contributed by atoms with E-state index in [0.717, 1.165) is 22.2 Å². The van der Waals surface area contributed by atoms with Crippen molar-refractivity contribution in [2.24, 2.45) is 0 Å². The SMILES string of the molecule is O=C1S/C(=C\C(Br)=C\c2ccccc2)C(=O)N1Cc1c(F)cccc1Cl. The highest BCUT2D eigenvalue weighted by atomic mass is 79.9. The van der Waals surface area contributed by atoms with Gasteiger partial charge in [-0.25, -0.2) is 4.39 Å². The van der Waals surface area contributed by atoms with Gasteiger partial charge in [-0.2, -0.15) is 0 Å². The Balaban J connectivity index is 1.82. The van der Waals surface area contributed by atoms with Crippen LogP contribution in [0.4, 0.5) is 9.18 Å². The average molecular weight is 453 g/mol. The van der Waals surface area contributed by atoms with E-state index in [9.17, 15) is 14.0 Å². The van der Waals surface area contributed by atoms with Gasteiger partial charge in [-0.3, -0.25) is 14.5 Å². The molecule has 0 aliphatic carbocycles. The summed E-state index contributed by atoms with van der Waals surface area (Å²) in [6.45, 7) is -0.201. The predicted molar refractivity (Wildman–Crippen MR) is 106 cm³/mol. The summed E-state index contributed by atoms with van der Waals surface area (Å²) in [6.07, 6.45) is 3.42. The smallest absolute Gasteiger partial charge is 0.268 e. The van der Waals surface area contributed by atoms with E-state index in [1.807, 2.05) is 36.4 Å². The first kappa shape index (κ1) is 18.9. The quantitative estimate of drug-likeness (QED) is 0.534. The van der Waals surface area contributed by atoms with E-state index in [0.29, 0.717) is 4.48 Å². The van der Waals surface area contributed by atoms with E-state index in [4.69, 9.17) is 11.6 Å². The Bertz CT molecular complexity index is 910. The van der Waals surface area contributed by atoms with Gasteiger partial charge in [0.25, 0.3) is 11.1 Å². The first-order chi connectivity index (χ1) is 12.5. The van der Waals surface area contributed by atoms with E-state index >= 15 is 0 Å². The third-order valence-corrected chi connectivity index (χ3v) is 5.34. The van der Waals surface area contributed by atoms with Crippen LogP contribution in [0.1, 0.15) is 11.1 Å². The maximum absolute atomic E-state index is 13.9. The van der Waals surface area contributed by atoms with Crippen LogP contribution in [-0.4, -0.2) is 16.0 Å². The number of benzene rings is 2. The molecule has 2 aromatic rings. The van der Waals surface area contributed by atoms with Crippen molar-refractivity contribution in [2.75, 3.05) is 0 Å². The molecule has 0 atom stereocenters. The monoisotopic (exact) mass is 451 g/mol. The number of hydrogen-bond acceptors (Lipinski definition) is 3. The van der Waals surface area contributed by atoms with Gasteiger partial charge in [0, 0.05) is 15.1 Å². The second-order valence-electron chi connectivity index (χ2n) is 5.41. The minimum absolute atomic E-state index is 0.122. The molecular weight excluding hydrogens is 441 g/mol. The number of carbonyl (C=O) groups is 2. The Hall–Kier alpha value is -1.89. The van der Waals surface area contributed by atoms with Crippen molar-refractivity contribution in [3.8, 4) is 0 Å². The van der Waals surface area contributed by atoms with Crippen LogP contribution < -0.4 is 0 Å². The van der Waals surface area contributed by atoms with Gasteiger partial charge in [0.1, 0.15) is 5.82 Å². The summed E-state index contributed by atoms with van der Waals surface area (Å²) in [7, 11) is 0. The first-order valence-corrected chi connectivity index (χ1v) is 9.55. The zero-order valence-electron chi connectivity index (χ0n) is 13.3. The molecule has 0 N–H and O–H groups in total. The van der Waals surface area contributed by atoms with E-state index in [2.05, 4.69) is 15.9 Å². The molecule has 1 aliphatic rings. The molecule has 0 spiro atoms. The molecule has 2 aromatic carbocycles. The van der Waals surface area contributed by atoms with E-state index in [1.54, 1.807) is 6.08 Å². The van der Waals surface area contributed by atoms with Crippen LogP contribution in [0.25, 0.3) is 6.08 Å². The summed E-state index contributed by atoms with van der Waals surface area (Å²) in [5, 5.41) is -0.279. The molecule has 3 nitrogen and oxygen atoms in total. The molecule has 0 aromatic heterocycles. The Kier molecular flexibility index (Phi) is 5.96. The number of rotatable bonds is 4. The van der Waals surface area contributed by atoms with Crippen LogP contribution in [0.2, 0.25) is 5.02 Å². The van der Waals surface area contributed by atoms with Gasteiger partial charge in [0.2, 0.25) is 0 Å². The summed E-state index contributed by atoms with van der Waals surface area (Å²) in [5.41, 5.74) is 1.07. The third-order valence-electron chi connectivity index (χ3n) is 3.62. The Morgan fingerprint density at radius 2 is 1.88 bits per heavy atom. The molecule has 1 fully saturated rings. The molecule has 1 saturated heterocycles. The number of imide groups is 1. The van der Waals surface area contributed by atoms with Gasteiger partial charge in [-0.1, -0.05) is 63.9 Å². The third kappa shape index (κ3) is 4.26. The lowest BCUT2D eigenvalue weighted by molar-refractivity contribution is -0.123. The predicted octanol–water partition coefficient (Wildman–Crippen LogP) is 5.99. The lowest BCUT2D eigenvalue weighted by Crippen LogP contribution is -2.28. The fourth-order valence-corrected chi connectivity index (χ4v) is 4.05. The number of thioether (sulfide) groups is 1. The molecule has 1 heterocycles. The topological polar surface area (TPSA) is 37.4 Å². The van der Waals surface area contributed by atoms with Crippen LogP contribution in [-0.2, 0) is 11.3 Å². The highest BCUT2D eigenvalue weighted by Gasteiger charge is 2.35. The minimum atomic E-state index is -0.550. The molecule has 26 heavy (non-hydrogen) atoms. The molecule has 0 saturated carbocycles. The molecule has 132 valence electrons. The Morgan fingerprint density at radius 3 is 2.58 bits per heavy atom. The van der Waals surface area contributed by atoms with E-state index in [1.165, 1.54) is 18.2 Å². The van der Waals surface area contributed by atoms with Gasteiger partial charge in [0.05, 0.1) is 11.4 Å². The second-order valence-corrected chi connectivity index (χ2v) is 7.72. The molecule has 0 radical (unpaired) electrons. The molecule has 3 rings (SSSR count). The van der Waals surface area contributed by atoms with Crippen LogP contribution in [0, 0.1) is 5.82 Å².